The van der Waals surface area contributed by atoms with Crippen LogP contribution in [0.5, 0.6) is 0 Å². The Bertz CT molecular complexity index is 542. The Labute approximate surface area is 108 Å². The summed E-state index contributed by atoms with van der Waals surface area (Å²) in [5.74, 6) is -0.754. The van der Waals surface area contributed by atoms with E-state index in [1.54, 1.807) is 24.8 Å². The molecule has 2 rings (SSSR count). The molecular formula is C12H12FN3OS. The number of carbonyl (C=O) groups is 1. The molecule has 0 atom stereocenters. The second-order valence-corrected chi connectivity index (χ2v) is 4.53. The van der Waals surface area contributed by atoms with E-state index in [2.05, 4.69) is 15.6 Å². The first-order chi connectivity index (χ1) is 8.72. The Morgan fingerprint density at radius 3 is 3.00 bits per heavy atom. The van der Waals surface area contributed by atoms with Gasteiger partial charge in [0.2, 0.25) is 0 Å². The van der Waals surface area contributed by atoms with Gasteiger partial charge in [0.25, 0.3) is 5.91 Å². The second kappa shape index (κ2) is 5.59. The molecule has 0 saturated heterocycles. The van der Waals surface area contributed by atoms with E-state index in [1.165, 1.54) is 23.5 Å². The Morgan fingerprint density at radius 1 is 1.50 bits per heavy atom. The lowest BCUT2D eigenvalue weighted by Crippen LogP contribution is -2.23. The van der Waals surface area contributed by atoms with E-state index in [1.807, 2.05) is 0 Å². The largest absolute Gasteiger partial charge is 0.385 e. The summed E-state index contributed by atoms with van der Waals surface area (Å²) in [6, 6.07) is 4.40. The summed E-state index contributed by atoms with van der Waals surface area (Å²) in [6.07, 6.45) is 1.69. The van der Waals surface area contributed by atoms with Crippen molar-refractivity contribution in [3.05, 3.63) is 46.2 Å². The molecule has 6 heteroatoms. The van der Waals surface area contributed by atoms with Crippen molar-refractivity contribution >= 4 is 22.9 Å². The number of carbonyl (C=O) groups excluding carboxylic acids is 1. The molecular weight excluding hydrogens is 253 g/mol. The smallest absolute Gasteiger partial charge is 0.253 e. The molecule has 2 aromatic rings. The van der Waals surface area contributed by atoms with Gasteiger partial charge in [0.1, 0.15) is 5.82 Å². The van der Waals surface area contributed by atoms with E-state index in [0.29, 0.717) is 12.1 Å². The van der Waals surface area contributed by atoms with Gasteiger partial charge in [0, 0.05) is 18.1 Å². The molecule has 94 valence electrons. The molecule has 1 aromatic heterocycles. The highest BCUT2D eigenvalue weighted by atomic mass is 32.1. The lowest BCUT2D eigenvalue weighted by atomic mass is 10.1. The molecule has 0 aliphatic rings. The fourth-order valence-electron chi connectivity index (χ4n) is 1.56. The summed E-state index contributed by atoms with van der Waals surface area (Å²) in [7, 11) is 1.58. The van der Waals surface area contributed by atoms with Gasteiger partial charge in [-0.3, -0.25) is 9.78 Å². The Morgan fingerprint density at radius 2 is 2.33 bits per heavy atom. The third-order valence-corrected chi connectivity index (χ3v) is 3.19. The number of hydrogen-bond acceptors (Lipinski definition) is 4. The van der Waals surface area contributed by atoms with Gasteiger partial charge in [-0.15, -0.1) is 11.3 Å². The Balaban J connectivity index is 2.11. The SMILES string of the molecule is CNc1c(F)cccc1C(=O)NCc1cncs1. The minimum absolute atomic E-state index is 0.208. The van der Waals surface area contributed by atoms with Crippen molar-refractivity contribution in [2.45, 2.75) is 6.54 Å². The average Bonchev–Trinajstić information content (AvgIpc) is 2.88. The molecule has 0 aliphatic heterocycles. The monoisotopic (exact) mass is 265 g/mol. The summed E-state index contributed by atoms with van der Waals surface area (Å²) >= 11 is 1.46. The number of para-hydroxylation sites is 1. The van der Waals surface area contributed by atoms with E-state index in [9.17, 15) is 9.18 Å². The van der Waals surface area contributed by atoms with Crippen LogP contribution in [0.15, 0.2) is 29.9 Å². The molecule has 0 fully saturated rings. The van der Waals surface area contributed by atoms with Gasteiger partial charge in [0.05, 0.1) is 23.3 Å². The van der Waals surface area contributed by atoms with Gasteiger partial charge in [-0.2, -0.15) is 0 Å². The molecule has 2 N–H and O–H groups in total. The highest BCUT2D eigenvalue weighted by Crippen LogP contribution is 2.19. The van der Waals surface area contributed by atoms with Crippen molar-refractivity contribution in [3.63, 3.8) is 0 Å². The number of rotatable bonds is 4. The van der Waals surface area contributed by atoms with Crippen LogP contribution < -0.4 is 10.6 Å². The number of amides is 1. The van der Waals surface area contributed by atoms with Gasteiger partial charge in [-0.1, -0.05) is 6.07 Å². The fourth-order valence-corrected chi connectivity index (χ4v) is 2.09. The number of nitrogens with one attached hydrogen (secondary N) is 2. The van der Waals surface area contributed by atoms with Crippen molar-refractivity contribution < 1.29 is 9.18 Å². The van der Waals surface area contributed by atoms with Crippen LogP contribution in [0, 0.1) is 5.82 Å². The molecule has 0 bridgehead atoms. The normalized spacial score (nSPS) is 10.1. The first-order valence-electron chi connectivity index (χ1n) is 5.34. The van der Waals surface area contributed by atoms with Crippen molar-refractivity contribution in [2.24, 2.45) is 0 Å². The average molecular weight is 265 g/mol. The van der Waals surface area contributed by atoms with Crippen molar-refractivity contribution in [3.8, 4) is 0 Å². The lowest BCUT2D eigenvalue weighted by molar-refractivity contribution is 0.0951. The number of benzene rings is 1. The van der Waals surface area contributed by atoms with E-state index in [-0.39, 0.29) is 11.6 Å². The zero-order chi connectivity index (χ0) is 13.0. The van der Waals surface area contributed by atoms with Crippen LogP contribution >= 0.6 is 11.3 Å². The Hall–Kier alpha value is -1.95. The number of thiazole rings is 1. The molecule has 0 unspecified atom stereocenters. The minimum Gasteiger partial charge on any atom is -0.385 e. The zero-order valence-corrected chi connectivity index (χ0v) is 10.6. The van der Waals surface area contributed by atoms with Crippen LogP contribution in [0.3, 0.4) is 0 Å². The maximum Gasteiger partial charge on any atom is 0.253 e. The predicted molar refractivity (Wildman–Crippen MR) is 69.2 cm³/mol. The first-order valence-corrected chi connectivity index (χ1v) is 6.22. The van der Waals surface area contributed by atoms with E-state index >= 15 is 0 Å². The molecule has 0 aliphatic carbocycles. The van der Waals surface area contributed by atoms with Crippen LogP contribution in [0.4, 0.5) is 10.1 Å². The summed E-state index contributed by atoms with van der Waals surface area (Å²) in [5.41, 5.74) is 2.20. The molecule has 0 radical (unpaired) electrons. The summed E-state index contributed by atoms with van der Waals surface area (Å²) < 4.78 is 13.5. The Kier molecular flexibility index (Phi) is 3.88. The maximum absolute atomic E-state index is 13.5. The second-order valence-electron chi connectivity index (χ2n) is 3.56. The number of hydrogen-bond donors (Lipinski definition) is 2. The number of halogens is 1. The standard InChI is InChI=1S/C12H12FN3OS/c1-14-11-9(3-2-4-10(11)13)12(17)16-6-8-5-15-7-18-8/h2-5,7,14H,6H2,1H3,(H,16,17). The highest BCUT2D eigenvalue weighted by Gasteiger charge is 2.13. The quantitative estimate of drug-likeness (QED) is 0.891. The molecule has 1 heterocycles. The molecule has 4 nitrogen and oxygen atoms in total. The van der Waals surface area contributed by atoms with Crippen LogP contribution in [-0.4, -0.2) is 17.9 Å². The fraction of sp³-hybridized carbons (Fsp3) is 0.167. The van der Waals surface area contributed by atoms with Crippen molar-refractivity contribution in [1.29, 1.82) is 0 Å². The zero-order valence-electron chi connectivity index (χ0n) is 9.74. The molecule has 0 spiro atoms. The first kappa shape index (κ1) is 12.5. The van der Waals surface area contributed by atoms with Gasteiger partial charge in [-0.25, -0.2) is 4.39 Å². The van der Waals surface area contributed by atoms with E-state index < -0.39 is 5.82 Å². The van der Waals surface area contributed by atoms with Crippen LogP contribution in [0.1, 0.15) is 15.2 Å². The van der Waals surface area contributed by atoms with E-state index in [4.69, 9.17) is 0 Å². The van der Waals surface area contributed by atoms with Crippen LogP contribution in [0.25, 0.3) is 0 Å². The van der Waals surface area contributed by atoms with Crippen molar-refractivity contribution in [1.82, 2.24) is 10.3 Å². The number of nitrogens with zero attached hydrogens (tertiary/aromatic N) is 1. The third kappa shape index (κ3) is 2.65. The van der Waals surface area contributed by atoms with Gasteiger partial charge in [-0.05, 0) is 12.1 Å². The summed E-state index contributed by atoms with van der Waals surface area (Å²) in [5, 5.41) is 5.42. The summed E-state index contributed by atoms with van der Waals surface area (Å²) in [6.45, 7) is 0.392. The molecule has 1 aromatic carbocycles. The third-order valence-electron chi connectivity index (χ3n) is 2.41. The van der Waals surface area contributed by atoms with Gasteiger partial charge in [0.15, 0.2) is 0 Å². The lowest BCUT2D eigenvalue weighted by Gasteiger charge is -2.09. The molecule has 1 amide bonds. The van der Waals surface area contributed by atoms with Crippen LogP contribution in [-0.2, 0) is 6.54 Å². The van der Waals surface area contributed by atoms with E-state index in [0.717, 1.165) is 4.88 Å². The van der Waals surface area contributed by atoms with Crippen LogP contribution in [0.2, 0.25) is 0 Å². The molecule has 18 heavy (non-hydrogen) atoms. The molecule has 0 saturated carbocycles. The highest BCUT2D eigenvalue weighted by molar-refractivity contribution is 7.09. The van der Waals surface area contributed by atoms with Crippen molar-refractivity contribution in [2.75, 3.05) is 12.4 Å². The minimum atomic E-state index is -0.442. The predicted octanol–water partition coefficient (Wildman–Crippen LogP) is 2.25. The number of aromatic nitrogens is 1. The van der Waals surface area contributed by atoms with Gasteiger partial charge >= 0.3 is 0 Å². The number of anilines is 1. The maximum atomic E-state index is 13.5. The topological polar surface area (TPSA) is 54.0 Å². The summed E-state index contributed by atoms with van der Waals surface area (Å²) in [4.78, 5) is 16.8. The van der Waals surface area contributed by atoms with Gasteiger partial charge < -0.3 is 10.6 Å².